The number of rotatable bonds is 7. The summed E-state index contributed by atoms with van der Waals surface area (Å²) < 4.78 is 6.23. The van der Waals surface area contributed by atoms with Crippen molar-refractivity contribution in [1.29, 1.82) is 0 Å². The van der Waals surface area contributed by atoms with Crippen molar-refractivity contribution in [1.82, 2.24) is 0 Å². The van der Waals surface area contributed by atoms with Crippen LogP contribution in [0, 0.1) is 0 Å². The average molecular weight is 790 g/mol. The standard InChI is InChI=1S/C60H39NO/c1-4-17-53-40(11-1)14-10-21-54(53)41-25-30-50(31-26-41)61(51-32-27-42(28-33-51)58-38-47-12-2-5-18-55(47)56-19-6-7-20-57(56)58)52-34-29-45-35-44(23-24-46(45)37-52)43-15-9-16-48(36-43)60-39-49-13-3-8-22-59(49)62-60/h1-39H. The van der Waals surface area contributed by atoms with E-state index in [9.17, 15) is 0 Å². The van der Waals surface area contributed by atoms with Crippen LogP contribution in [-0.4, -0.2) is 0 Å². The first-order valence-corrected chi connectivity index (χ1v) is 21.2. The van der Waals surface area contributed by atoms with Crippen molar-refractivity contribution >= 4 is 71.1 Å². The predicted octanol–water partition coefficient (Wildman–Crippen LogP) is 17.2. The van der Waals surface area contributed by atoms with Crippen LogP contribution in [0.1, 0.15) is 0 Å². The third kappa shape index (κ3) is 6.29. The van der Waals surface area contributed by atoms with Gasteiger partial charge in [0.15, 0.2) is 0 Å². The fraction of sp³-hybridized carbons (Fsp3) is 0. The Morgan fingerprint density at radius 2 is 0.806 bits per heavy atom. The normalized spacial score (nSPS) is 11.5. The molecule has 2 heteroatoms. The van der Waals surface area contributed by atoms with Gasteiger partial charge in [-0.3, -0.25) is 0 Å². The summed E-state index contributed by atoms with van der Waals surface area (Å²) in [6, 6.07) is 85.6. The maximum Gasteiger partial charge on any atom is 0.135 e. The zero-order chi connectivity index (χ0) is 41.0. The van der Waals surface area contributed by atoms with Gasteiger partial charge in [0.05, 0.1) is 0 Å². The summed E-state index contributed by atoms with van der Waals surface area (Å²) in [6.07, 6.45) is 0. The lowest BCUT2D eigenvalue weighted by Crippen LogP contribution is -2.09. The largest absolute Gasteiger partial charge is 0.456 e. The van der Waals surface area contributed by atoms with E-state index in [0.717, 1.165) is 44.9 Å². The van der Waals surface area contributed by atoms with E-state index in [1.165, 1.54) is 70.9 Å². The number of para-hydroxylation sites is 1. The van der Waals surface area contributed by atoms with E-state index in [1.807, 2.05) is 18.2 Å². The molecule has 11 aromatic carbocycles. The van der Waals surface area contributed by atoms with E-state index in [0.29, 0.717) is 0 Å². The van der Waals surface area contributed by atoms with Crippen molar-refractivity contribution in [2.24, 2.45) is 0 Å². The molecular formula is C60H39NO. The lowest BCUT2D eigenvalue weighted by Gasteiger charge is -2.26. The Bertz CT molecular complexity index is 3600. The Morgan fingerprint density at radius 3 is 1.60 bits per heavy atom. The van der Waals surface area contributed by atoms with Crippen LogP contribution in [0.3, 0.4) is 0 Å². The first-order chi connectivity index (χ1) is 30.7. The molecule has 290 valence electrons. The van der Waals surface area contributed by atoms with E-state index in [4.69, 9.17) is 4.42 Å². The van der Waals surface area contributed by atoms with Crippen molar-refractivity contribution in [2.75, 3.05) is 4.90 Å². The number of furan rings is 1. The Kier molecular flexibility index (Phi) is 8.53. The smallest absolute Gasteiger partial charge is 0.135 e. The molecule has 0 saturated heterocycles. The van der Waals surface area contributed by atoms with Crippen LogP contribution in [-0.2, 0) is 0 Å². The highest BCUT2D eigenvalue weighted by Gasteiger charge is 2.16. The van der Waals surface area contributed by atoms with Gasteiger partial charge in [0.25, 0.3) is 0 Å². The molecular weight excluding hydrogens is 751 g/mol. The lowest BCUT2D eigenvalue weighted by molar-refractivity contribution is 0.631. The first-order valence-electron chi connectivity index (χ1n) is 21.2. The molecule has 0 atom stereocenters. The van der Waals surface area contributed by atoms with Gasteiger partial charge in [0.2, 0.25) is 0 Å². The van der Waals surface area contributed by atoms with Gasteiger partial charge in [-0.15, -0.1) is 0 Å². The molecule has 0 N–H and O–H groups in total. The van der Waals surface area contributed by atoms with Gasteiger partial charge in [-0.1, -0.05) is 170 Å². The number of nitrogens with zero attached hydrogens (tertiary/aromatic N) is 1. The average Bonchev–Trinajstić information content (AvgIpc) is 3.79. The Hall–Kier alpha value is -8.20. The molecule has 0 aliphatic rings. The summed E-state index contributed by atoms with van der Waals surface area (Å²) in [6.45, 7) is 0. The van der Waals surface area contributed by atoms with Crippen LogP contribution in [0.5, 0.6) is 0 Å². The van der Waals surface area contributed by atoms with E-state index in [-0.39, 0.29) is 0 Å². The number of anilines is 3. The Balaban J connectivity index is 0.935. The van der Waals surface area contributed by atoms with E-state index >= 15 is 0 Å². The van der Waals surface area contributed by atoms with Crippen molar-refractivity contribution in [3.05, 3.63) is 237 Å². The molecule has 2 nitrogen and oxygen atoms in total. The highest BCUT2D eigenvalue weighted by molar-refractivity contribution is 6.14. The summed E-state index contributed by atoms with van der Waals surface area (Å²) in [5, 5.41) is 11.0. The molecule has 0 spiro atoms. The minimum atomic E-state index is 0.877. The summed E-state index contributed by atoms with van der Waals surface area (Å²) in [5.41, 5.74) is 12.4. The van der Waals surface area contributed by atoms with Crippen LogP contribution >= 0.6 is 0 Å². The highest BCUT2D eigenvalue weighted by atomic mass is 16.3. The number of fused-ring (bicyclic) bond motifs is 6. The van der Waals surface area contributed by atoms with Crippen molar-refractivity contribution < 1.29 is 4.42 Å². The summed E-state index contributed by atoms with van der Waals surface area (Å²) in [5.74, 6) is 0.877. The molecule has 0 unspecified atom stereocenters. The van der Waals surface area contributed by atoms with Gasteiger partial charge in [0, 0.05) is 28.0 Å². The SMILES string of the molecule is c1cc(-c2ccc3cc(N(c4ccc(-c5cccc6ccccc56)cc4)c4ccc(-c5cc6ccccc6c6ccccc56)cc4)ccc3c2)cc(-c2cc3ccccc3o2)c1. The van der Waals surface area contributed by atoms with Gasteiger partial charge < -0.3 is 9.32 Å². The number of benzene rings is 11. The number of hydrogen-bond acceptors (Lipinski definition) is 2. The van der Waals surface area contributed by atoms with E-state index in [1.54, 1.807) is 0 Å². The van der Waals surface area contributed by atoms with Crippen molar-refractivity contribution in [3.8, 4) is 44.7 Å². The fourth-order valence-corrected chi connectivity index (χ4v) is 9.33. The van der Waals surface area contributed by atoms with Gasteiger partial charge in [-0.2, -0.15) is 0 Å². The second kappa shape index (κ2) is 14.8. The third-order valence-electron chi connectivity index (χ3n) is 12.4. The van der Waals surface area contributed by atoms with Gasteiger partial charge in [-0.05, 0) is 143 Å². The zero-order valence-electron chi connectivity index (χ0n) is 33.9. The van der Waals surface area contributed by atoms with Crippen LogP contribution in [0.15, 0.2) is 241 Å². The minimum Gasteiger partial charge on any atom is -0.456 e. The quantitative estimate of drug-likeness (QED) is 0.150. The molecule has 1 heterocycles. The molecule has 12 rings (SSSR count). The summed E-state index contributed by atoms with van der Waals surface area (Å²) in [7, 11) is 0. The molecule has 0 amide bonds. The topological polar surface area (TPSA) is 16.4 Å². The molecule has 0 bridgehead atoms. The maximum atomic E-state index is 6.23. The molecule has 0 radical (unpaired) electrons. The predicted molar refractivity (Wildman–Crippen MR) is 263 cm³/mol. The molecule has 0 saturated carbocycles. The van der Waals surface area contributed by atoms with Crippen LogP contribution in [0.4, 0.5) is 17.1 Å². The Labute approximate surface area is 360 Å². The molecule has 12 aromatic rings. The molecule has 1 aromatic heterocycles. The fourth-order valence-electron chi connectivity index (χ4n) is 9.33. The van der Waals surface area contributed by atoms with Crippen LogP contribution in [0.25, 0.3) is 98.8 Å². The highest BCUT2D eigenvalue weighted by Crippen LogP contribution is 2.41. The molecule has 0 aliphatic heterocycles. The van der Waals surface area contributed by atoms with Gasteiger partial charge >= 0.3 is 0 Å². The second-order valence-electron chi connectivity index (χ2n) is 16.1. The molecule has 0 aliphatic carbocycles. The minimum absolute atomic E-state index is 0.877. The number of hydrogen-bond donors (Lipinski definition) is 0. The summed E-state index contributed by atoms with van der Waals surface area (Å²) >= 11 is 0. The maximum absolute atomic E-state index is 6.23. The molecule has 0 fully saturated rings. The molecule has 62 heavy (non-hydrogen) atoms. The first kappa shape index (κ1) is 35.7. The van der Waals surface area contributed by atoms with E-state index < -0.39 is 0 Å². The van der Waals surface area contributed by atoms with Crippen LogP contribution < -0.4 is 4.90 Å². The van der Waals surface area contributed by atoms with Gasteiger partial charge in [-0.25, -0.2) is 0 Å². The summed E-state index contributed by atoms with van der Waals surface area (Å²) in [4.78, 5) is 2.37. The Morgan fingerprint density at radius 1 is 0.258 bits per heavy atom. The second-order valence-corrected chi connectivity index (χ2v) is 16.1. The van der Waals surface area contributed by atoms with Crippen LogP contribution in [0.2, 0.25) is 0 Å². The van der Waals surface area contributed by atoms with Crippen molar-refractivity contribution in [2.45, 2.75) is 0 Å². The van der Waals surface area contributed by atoms with Crippen molar-refractivity contribution in [3.63, 3.8) is 0 Å². The zero-order valence-corrected chi connectivity index (χ0v) is 33.9. The lowest BCUT2D eigenvalue weighted by atomic mass is 9.93. The third-order valence-corrected chi connectivity index (χ3v) is 12.4. The van der Waals surface area contributed by atoms with E-state index in [2.05, 4.69) is 223 Å². The van der Waals surface area contributed by atoms with Gasteiger partial charge in [0.1, 0.15) is 11.3 Å². The monoisotopic (exact) mass is 789 g/mol.